The highest BCUT2D eigenvalue weighted by molar-refractivity contribution is 6.30. The van der Waals surface area contributed by atoms with E-state index < -0.39 is 0 Å². The molecule has 1 aliphatic rings. The normalized spacial score (nSPS) is 13.4. The molecule has 3 aromatic rings. The molecule has 1 saturated heterocycles. The highest BCUT2D eigenvalue weighted by Gasteiger charge is 2.25. The molecule has 0 spiro atoms. The lowest BCUT2D eigenvalue weighted by molar-refractivity contribution is -0.122. The van der Waals surface area contributed by atoms with Crippen LogP contribution in [-0.2, 0) is 16.0 Å². The van der Waals surface area contributed by atoms with E-state index in [9.17, 15) is 4.79 Å². The van der Waals surface area contributed by atoms with Crippen molar-refractivity contribution in [2.45, 2.75) is 39.5 Å². The Hall–Kier alpha value is -3.48. The molecule has 0 aromatic heterocycles. The average molecular weight is 537 g/mol. The number of nitrogens with zero attached hydrogens (tertiary/aromatic N) is 2. The Morgan fingerprint density at radius 2 is 1.55 bits per heavy atom. The van der Waals surface area contributed by atoms with Crippen molar-refractivity contribution < 1.29 is 19.5 Å². The minimum absolute atomic E-state index is 0.0632. The van der Waals surface area contributed by atoms with Gasteiger partial charge < -0.3 is 9.90 Å². The number of hydrogen-bond donors (Lipinski definition) is 1. The van der Waals surface area contributed by atoms with Crippen LogP contribution in [0.2, 0.25) is 5.02 Å². The third kappa shape index (κ3) is 8.82. The molecule has 0 saturated carbocycles. The molecule has 1 heterocycles. The molecule has 1 amide bonds. The third-order valence-electron chi connectivity index (χ3n) is 6.91. The summed E-state index contributed by atoms with van der Waals surface area (Å²) < 4.78 is 0. The van der Waals surface area contributed by atoms with Crippen LogP contribution in [0.25, 0.3) is 11.1 Å². The summed E-state index contributed by atoms with van der Waals surface area (Å²) in [5, 5.41) is 11.6. The molecule has 0 unspecified atom stereocenters. The number of piperidine rings is 1. The first kappa shape index (κ1) is 30.7. The third-order valence-corrected chi connectivity index (χ3v) is 7.16. The summed E-state index contributed by atoms with van der Waals surface area (Å²) in [5.41, 5.74) is 6.69. The second-order valence-corrected chi connectivity index (χ2v) is 9.83. The summed E-state index contributed by atoms with van der Waals surface area (Å²) in [6.07, 6.45) is 4.63. The Balaban J connectivity index is 0.000000947. The number of halogens is 1. The van der Waals surface area contributed by atoms with Crippen molar-refractivity contribution in [2.24, 2.45) is 5.92 Å². The van der Waals surface area contributed by atoms with Gasteiger partial charge in [-0.1, -0.05) is 65.7 Å². The Kier molecular flexibility index (Phi) is 12.7. The lowest BCUT2D eigenvalue weighted by Crippen LogP contribution is -2.48. The van der Waals surface area contributed by atoms with Crippen LogP contribution in [0.5, 0.6) is 0 Å². The molecule has 0 atom stereocenters. The van der Waals surface area contributed by atoms with E-state index in [4.69, 9.17) is 26.3 Å². The van der Waals surface area contributed by atoms with Gasteiger partial charge in [-0.05, 0) is 85.9 Å². The molecule has 1 fully saturated rings. The van der Waals surface area contributed by atoms with Crippen LogP contribution in [-0.4, -0.2) is 54.4 Å². The first-order valence-corrected chi connectivity index (χ1v) is 13.0. The van der Waals surface area contributed by atoms with E-state index in [2.05, 4.69) is 42.3 Å². The standard InChI is InChI=1S/C29H33ClN2O.CH2O2.CH2O/c1-21-4-6-23(7-5-21)8-9-24-16-18-32(19-17-24)31(3)29(33)28-15-12-26(20-22(28)2)25-10-13-27(30)14-11-25;2-1-3;1-2/h4-7,10-15,20,24H,8-9,16-19H2,1-3H3;1H,(H,2,3);1H2. The van der Waals surface area contributed by atoms with E-state index >= 15 is 0 Å². The van der Waals surface area contributed by atoms with Crippen molar-refractivity contribution in [1.82, 2.24) is 10.0 Å². The fourth-order valence-electron chi connectivity index (χ4n) is 4.66. The molecule has 0 aliphatic carbocycles. The van der Waals surface area contributed by atoms with Crippen LogP contribution in [0.15, 0.2) is 66.7 Å². The molecule has 1 aliphatic heterocycles. The maximum Gasteiger partial charge on any atom is 0.290 e. The Bertz CT molecular complexity index is 1160. The number of rotatable bonds is 6. The Morgan fingerprint density at radius 3 is 2.11 bits per heavy atom. The first-order chi connectivity index (χ1) is 18.3. The SMILES string of the molecule is C=O.Cc1ccc(CCC2CCN(N(C)C(=O)c3ccc(-c4ccc(Cl)cc4)cc3C)CC2)cc1.O=CO. The zero-order valence-corrected chi connectivity index (χ0v) is 23.2. The van der Waals surface area contributed by atoms with Gasteiger partial charge in [-0.15, -0.1) is 0 Å². The van der Waals surface area contributed by atoms with Gasteiger partial charge in [-0.3, -0.25) is 14.6 Å². The molecule has 0 bridgehead atoms. The number of hydrogen-bond acceptors (Lipinski definition) is 4. The van der Waals surface area contributed by atoms with Gasteiger partial charge in [0.2, 0.25) is 0 Å². The molecule has 4 rings (SSSR count). The van der Waals surface area contributed by atoms with Crippen LogP contribution in [0, 0.1) is 19.8 Å². The lowest BCUT2D eigenvalue weighted by Gasteiger charge is -2.38. The van der Waals surface area contributed by atoms with Gasteiger partial charge in [0.05, 0.1) is 0 Å². The highest BCUT2D eigenvalue weighted by atomic mass is 35.5. The molecular weight excluding hydrogens is 500 g/mol. The summed E-state index contributed by atoms with van der Waals surface area (Å²) in [6, 6.07) is 22.7. The van der Waals surface area contributed by atoms with Crippen molar-refractivity contribution in [2.75, 3.05) is 20.1 Å². The summed E-state index contributed by atoms with van der Waals surface area (Å²) >= 11 is 6.01. The summed E-state index contributed by atoms with van der Waals surface area (Å²) in [7, 11) is 1.90. The van der Waals surface area contributed by atoms with Crippen LogP contribution in [0.4, 0.5) is 0 Å². The quantitative estimate of drug-likeness (QED) is 0.365. The van der Waals surface area contributed by atoms with E-state index in [1.807, 2.05) is 62.2 Å². The van der Waals surface area contributed by atoms with Gasteiger partial charge in [0.1, 0.15) is 6.79 Å². The van der Waals surface area contributed by atoms with Gasteiger partial charge in [0.25, 0.3) is 12.4 Å². The fourth-order valence-corrected chi connectivity index (χ4v) is 4.79. The first-order valence-electron chi connectivity index (χ1n) is 12.6. The maximum absolute atomic E-state index is 13.2. The minimum Gasteiger partial charge on any atom is -0.483 e. The van der Waals surface area contributed by atoms with Gasteiger partial charge in [-0.2, -0.15) is 0 Å². The zero-order chi connectivity index (χ0) is 28.1. The van der Waals surface area contributed by atoms with Gasteiger partial charge in [0.15, 0.2) is 0 Å². The maximum atomic E-state index is 13.2. The van der Waals surface area contributed by atoms with Gasteiger partial charge in [0, 0.05) is 30.7 Å². The van der Waals surface area contributed by atoms with E-state index in [1.165, 1.54) is 17.5 Å². The number of carbonyl (C=O) groups is 3. The molecule has 0 radical (unpaired) electrons. The van der Waals surface area contributed by atoms with Crippen molar-refractivity contribution in [1.29, 1.82) is 0 Å². The van der Waals surface area contributed by atoms with Crippen LogP contribution >= 0.6 is 11.6 Å². The number of carbonyl (C=O) groups excluding carboxylic acids is 2. The number of amides is 1. The number of hydrazine groups is 1. The molecule has 7 heteroatoms. The number of aryl methyl sites for hydroxylation is 3. The highest BCUT2D eigenvalue weighted by Crippen LogP contribution is 2.27. The number of benzene rings is 3. The van der Waals surface area contributed by atoms with Crippen LogP contribution < -0.4 is 0 Å². The van der Waals surface area contributed by atoms with E-state index in [0.717, 1.165) is 65.5 Å². The van der Waals surface area contributed by atoms with Gasteiger partial charge in [-0.25, -0.2) is 5.01 Å². The molecular formula is C31H37ClN2O4. The Morgan fingerprint density at radius 1 is 1.00 bits per heavy atom. The van der Waals surface area contributed by atoms with Crippen molar-refractivity contribution in [3.8, 4) is 11.1 Å². The smallest absolute Gasteiger partial charge is 0.290 e. The van der Waals surface area contributed by atoms with Crippen molar-refractivity contribution in [3.63, 3.8) is 0 Å². The topological polar surface area (TPSA) is 77.9 Å². The number of carboxylic acid groups (broad SMARTS) is 1. The predicted molar refractivity (Wildman–Crippen MR) is 153 cm³/mol. The lowest BCUT2D eigenvalue weighted by atomic mass is 9.91. The molecule has 38 heavy (non-hydrogen) atoms. The summed E-state index contributed by atoms with van der Waals surface area (Å²) in [6.45, 7) is 7.76. The minimum atomic E-state index is -0.250. The van der Waals surface area contributed by atoms with E-state index in [1.54, 1.807) is 0 Å². The summed E-state index contributed by atoms with van der Waals surface area (Å²) in [4.78, 5) is 29.6. The van der Waals surface area contributed by atoms with Gasteiger partial charge >= 0.3 is 0 Å². The fraction of sp³-hybridized carbons (Fsp3) is 0.323. The van der Waals surface area contributed by atoms with E-state index in [-0.39, 0.29) is 12.4 Å². The van der Waals surface area contributed by atoms with Crippen molar-refractivity contribution >= 4 is 30.8 Å². The van der Waals surface area contributed by atoms with E-state index in [0.29, 0.717) is 0 Å². The monoisotopic (exact) mass is 536 g/mol. The zero-order valence-electron chi connectivity index (χ0n) is 22.4. The average Bonchev–Trinajstić information content (AvgIpc) is 2.94. The van der Waals surface area contributed by atoms with Crippen molar-refractivity contribution in [3.05, 3.63) is 94.0 Å². The predicted octanol–water partition coefficient (Wildman–Crippen LogP) is 6.47. The second kappa shape index (κ2) is 15.7. The Labute approximate surface area is 230 Å². The second-order valence-electron chi connectivity index (χ2n) is 9.39. The molecule has 1 N–H and O–H groups in total. The van der Waals surface area contributed by atoms with Crippen LogP contribution in [0.3, 0.4) is 0 Å². The largest absolute Gasteiger partial charge is 0.483 e. The molecule has 202 valence electrons. The molecule has 3 aromatic carbocycles. The molecule has 6 nitrogen and oxygen atoms in total. The van der Waals surface area contributed by atoms with Crippen LogP contribution in [0.1, 0.15) is 46.3 Å². The summed E-state index contributed by atoms with van der Waals surface area (Å²) in [5.74, 6) is 0.791.